The Morgan fingerprint density at radius 3 is 2.48 bits per heavy atom. The lowest BCUT2D eigenvalue weighted by atomic mass is 10.2. The molecule has 0 fully saturated rings. The van der Waals surface area contributed by atoms with Gasteiger partial charge in [0.25, 0.3) is 0 Å². The molecule has 1 heterocycles. The molecule has 3 aromatic rings. The second-order valence-corrected chi connectivity index (χ2v) is 7.03. The van der Waals surface area contributed by atoms with Crippen molar-refractivity contribution < 1.29 is 32.7 Å². The van der Waals surface area contributed by atoms with E-state index < -0.39 is 5.97 Å². The number of esters is 1. The number of ether oxygens (including phenoxy) is 4. The van der Waals surface area contributed by atoms with E-state index in [0.717, 1.165) is 11.1 Å². The molecular formula is C25H26FNO6. The third-order valence-electron chi connectivity index (χ3n) is 4.64. The molecule has 0 spiro atoms. The smallest absolute Gasteiger partial charge is 0.331 e. The van der Waals surface area contributed by atoms with Crippen LogP contribution in [0, 0.1) is 19.7 Å². The van der Waals surface area contributed by atoms with Crippen LogP contribution in [-0.2, 0) is 16.1 Å². The minimum absolute atomic E-state index is 0.0985. The van der Waals surface area contributed by atoms with Gasteiger partial charge in [0.15, 0.2) is 11.5 Å². The van der Waals surface area contributed by atoms with Gasteiger partial charge in [0, 0.05) is 6.08 Å². The van der Waals surface area contributed by atoms with E-state index in [-0.39, 0.29) is 25.6 Å². The molecule has 0 radical (unpaired) electrons. The average molecular weight is 455 g/mol. The topological polar surface area (TPSA) is 80.0 Å². The number of rotatable bonds is 11. The fourth-order valence-electron chi connectivity index (χ4n) is 2.92. The lowest BCUT2D eigenvalue weighted by molar-refractivity contribution is -0.138. The van der Waals surface area contributed by atoms with Crippen molar-refractivity contribution in [1.82, 2.24) is 5.16 Å². The summed E-state index contributed by atoms with van der Waals surface area (Å²) in [5.74, 6) is 1.49. The highest BCUT2D eigenvalue weighted by molar-refractivity contribution is 5.87. The van der Waals surface area contributed by atoms with Crippen LogP contribution in [0.3, 0.4) is 0 Å². The van der Waals surface area contributed by atoms with Crippen molar-refractivity contribution in [2.24, 2.45) is 0 Å². The molecule has 0 saturated carbocycles. The Morgan fingerprint density at radius 2 is 1.79 bits per heavy atom. The van der Waals surface area contributed by atoms with Gasteiger partial charge in [0.05, 0.1) is 17.9 Å². The summed E-state index contributed by atoms with van der Waals surface area (Å²) < 4.78 is 40.2. The number of benzene rings is 2. The Labute approximate surface area is 191 Å². The van der Waals surface area contributed by atoms with Crippen LogP contribution >= 0.6 is 0 Å². The molecule has 0 aliphatic rings. The monoisotopic (exact) mass is 455 g/mol. The molecule has 0 amide bonds. The van der Waals surface area contributed by atoms with Gasteiger partial charge < -0.3 is 23.5 Å². The van der Waals surface area contributed by atoms with Crippen molar-refractivity contribution >= 4 is 12.0 Å². The van der Waals surface area contributed by atoms with Crippen LogP contribution in [0.5, 0.6) is 17.2 Å². The summed E-state index contributed by atoms with van der Waals surface area (Å²) in [4.78, 5) is 12.1. The quantitative estimate of drug-likeness (QED) is 0.228. The van der Waals surface area contributed by atoms with Crippen LogP contribution < -0.4 is 14.2 Å². The highest BCUT2D eigenvalue weighted by Gasteiger charge is 2.11. The number of carbonyl (C=O) groups excluding carboxylic acids is 1. The van der Waals surface area contributed by atoms with Gasteiger partial charge in [-0.1, -0.05) is 11.2 Å². The van der Waals surface area contributed by atoms with Crippen molar-refractivity contribution in [1.29, 1.82) is 0 Å². The van der Waals surface area contributed by atoms with Crippen LogP contribution in [0.2, 0.25) is 0 Å². The molecule has 3 rings (SSSR count). The first-order valence-electron chi connectivity index (χ1n) is 10.5. The molecule has 174 valence electrons. The Hall–Kier alpha value is -3.81. The Bertz CT molecular complexity index is 1070. The van der Waals surface area contributed by atoms with E-state index in [9.17, 15) is 9.18 Å². The lowest BCUT2D eigenvalue weighted by Crippen LogP contribution is -2.10. The third-order valence-corrected chi connectivity index (χ3v) is 4.64. The normalized spacial score (nSPS) is 10.9. The van der Waals surface area contributed by atoms with Crippen molar-refractivity contribution in [3.05, 3.63) is 76.9 Å². The first-order chi connectivity index (χ1) is 16.0. The number of nitrogens with zero attached hydrogens (tertiary/aromatic N) is 1. The molecule has 8 heteroatoms. The number of aromatic nitrogens is 1. The summed E-state index contributed by atoms with van der Waals surface area (Å²) >= 11 is 0. The predicted octanol–water partition coefficient (Wildman–Crippen LogP) is 5.04. The molecule has 0 atom stereocenters. The van der Waals surface area contributed by atoms with Crippen LogP contribution in [-0.4, -0.2) is 30.9 Å². The number of hydrogen-bond acceptors (Lipinski definition) is 7. The number of halogens is 1. The zero-order valence-corrected chi connectivity index (χ0v) is 18.8. The van der Waals surface area contributed by atoms with E-state index in [0.29, 0.717) is 35.3 Å². The molecule has 0 unspecified atom stereocenters. The Balaban J connectivity index is 1.53. The highest BCUT2D eigenvalue weighted by Crippen LogP contribution is 2.29. The molecule has 2 aromatic carbocycles. The minimum Gasteiger partial charge on any atom is -0.490 e. The van der Waals surface area contributed by atoms with Gasteiger partial charge >= 0.3 is 5.97 Å². The molecular weight excluding hydrogens is 429 g/mol. The van der Waals surface area contributed by atoms with Crippen LogP contribution in [0.25, 0.3) is 6.08 Å². The molecule has 0 N–H and O–H groups in total. The third kappa shape index (κ3) is 7.10. The zero-order chi connectivity index (χ0) is 23.6. The van der Waals surface area contributed by atoms with E-state index in [1.165, 1.54) is 18.2 Å². The van der Waals surface area contributed by atoms with Gasteiger partial charge in [-0.2, -0.15) is 0 Å². The molecule has 7 nitrogen and oxygen atoms in total. The van der Waals surface area contributed by atoms with Gasteiger partial charge in [0.1, 0.15) is 37.1 Å². The largest absolute Gasteiger partial charge is 0.490 e. The SMILES string of the molecule is CCOc1cc(/C=C/C(=O)OCc2c(C)noc2C)ccc1OCCOc1ccc(F)cc1. The summed E-state index contributed by atoms with van der Waals surface area (Å²) in [5, 5.41) is 3.84. The van der Waals surface area contributed by atoms with Crippen molar-refractivity contribution in [3.63, 3.8) is 0 Å². The van der Waals surface area contributed by atoms with Crippen LogP contribution in [0.1, 0.15) is 29.5 Å². The zero-order valence-electron chi connectivity index (χ0n) is 18.8. The number of carbonyl (C=O) groups is 1. The maximum atomic E-state index is 12.9. The summed E-state index contributed by atoms with van der Waals surface area (Å²) in [6.45, 7) is 6.55. The van der Waals surface area contributed by atoms with E-state index in [2.05, 4.69) is 5.16 Å². The average Bonchev–Trinajstić information content (AvgIpc) is 3.13. The fourth-order valence-corrected chi connectivity index (χ4v) is 2.92. The number of hydrogen-bond donors (Lipinski definition) is 0. The lowest BCUT2D eigenvalue weighted by Gasteiger charge is -2.13. The summed E-state index contributed by atoms with van der Waals surface area (Å²) in [7, 11) is 0. The van der Waals surface area contributed by atoms with Crippen LogP contribution in [0.15, 0.2) is 53.1 Å². The fraction of sp³-hybridized carbons (Fsp3) is 0.280. The predicted molar refractivity (Wildman–Crippen MR) is 120 cm³/mol. The molecule has 33 heavy (non-hydrogen) atoms. The molecule has 0 aliphatic carbocycles. The van der Waals surface area contributed by atoms with E-state index in [4.69, 9.17) is 23.5 Å². The Morgan fingerprint density at radius 1 is 1.03 bits per heavy atom. The summed E-state index contributed by atoms with van der Waals surface area (Å²) in [6, 6.07) is 11.1. The highest BCUT2D eigenvalue weighted by atomic mass is 19.1. The maximum Gasteiger partial charge on any atom is 0.331 e. The molecule has 1 aromatic heterocycles. The second kappa shape index (κ2) is 11.7. The van der Waals surface area contributed by atoms with E-state index in [1.807, 2.05) is 6.92 Å². The number of aryl methyl sites for hydroxylation is 2. The van der Waals surface area contributed by atoms with E-state index in [1.54, 1.807) is 50.3 Å². The first kappa shape index (κ1) is 23.8. The van der Waals surface area contributed by atoms with Gasteiger partial charge in [0.2, 0.25) is 0 Å². The van der Waals surface area contributed by atoms with Crippen molar-refractivity contribution in [3.8, 4) is 17.2 Å². The van der Waals surface area contributed by atoms with Crippen molar-refractivity contribution in [2.45, 2.75) is 27.4 Å². The first-order valence-corrected chi connectivity index (χ1v) is 10.5. The molecule has 0 saturated heterocycles. The Kier molecular flexibility index (Phi) is 8.46. The maximum absolute atomic E-state index is 12.9. The van der Waals surface area contributed by atoms with Gasteiger partial charge in [-0.3, -0.25) is 0 Å². The van der Waals surface area contributed by atoms with Gasteiger partial charge in [-0.15, -0.1) is 0 Å². The summed E-state index contributed by atoms with van der Waals surface area (Å²) in [5.41, 5.74) is 2.22. The summed E-state index contributed by atoms with van der Waals surface area (Å²) in [6.07, 6.45) is 2.99. The molecule has 0 bridgehead atoms. The van der Waals surface area contributed by atoms with E-state index >= 15 is 0 Å². The minimum atomic E-state index is -0.480. The van der Waals surface area contributed by atoms with Gasteiger partial charge in [-0.05, 0) is 68.8 Å². The van der Waals surface area contributed by atoms with Crippen molar-refractivity contribution in [2.75, 3.05) is 19.8 Å². The van der Waals surface area contributed by atoms with Crippen LogP contribution in [0.4, 0.5) is 4.39 Å². The molecule has 0 aliphatic heterocycles. The standard InChI is InChI=1S/C25H26FNO6/c1-4-29-24-15-19(6-12-25(28)32-16-22-17(2)27-33-18(22)3)5-11-23(24)31-14-13-30-21-9-7-20(26)8-10-21/h5-12,15H,4,13-14,16H2,1-3H3/b12-6+. The van der Waals surface area contributed by atoms with Gasteiger partial charge in [-0.25, -0.2) is 9.18 Å². The second-order valence-electron chi connectivity index (χ2n) is 7.03.